The predicted molar refractivity (Wildman–Crippen MR) is 130 cm³/mol. The number of carbonyl (C=O) groups excluding carboxylic acids is 1. The minimum Gasteiger partial charge on any atom is -0.444 e. The molecule has 3 aromatic rings. The summed E-state index contributed by atoms with van der Waals surface area (Å²) in [6.45, 7) is 8.16. The molecular weight excluding hydrogens is 414 g/mol. The molecule has 0 bridgehead atoms. The quantitative estimate of drug-likeness (QED) is 0.547. The van der Waals surface area contributed by atoms with Crippen LogP contribution >= 0.6 is 0 Å². The van der Waals surface area contributed by atoms with E-state index in [1.54, 1.807) is 4.90 Å². The molecule has 1 saturated heterocycles. The van der Waals surface area contributed by atoms with Crippen LogP contribution in [0, 0.1) is 0 Å². The van der Waals surface area contributed by atoms with Gasteiger partial charge in [0.15, 0.2) is 11.6 Å². The maximum absolute atomic E-state index is 12.3. The third-order valence-corrected chi connectivity index (χ3v) is 5.21. The molecule has 170 valence electrons. The van der Waals surface area contributed by atoms with Gasteiger partial charge in [0.05, 0.1) is 5.71 Å². The number of aliphatic imine (C=N–C) groups is 1. The summed E-state index contributed by atoms with van der Waals surface area (Å²) in [6.07, 6.45) is -0.271. The molecule has 7 heteroatoms. The van der Waals surface area contributed by atoms with E-state index in [0.29, 0.717) is 32.0 Å². The van der Waals surface area contributed by atoms with Crippen molar-refractivity contribution in [1.82, 2.24) is 15.1 Å². The lowest BCUT2D eigenvalue weighted by Gasteiger charge is -2.35. The van der Waals surface area contributed by atoms with Crippen molar-refractivity contribution in [2.45, 2.75) is 26.4 Å². The van der Waals surface area contributed by atoms with Crippen molar-refractivity contribution in [2.24, 2.45) is 4.99 Å². The lowest BCUT2D eigenvalue weighted by atomic mass is 10.0. The molecule has 0 aliphatic carbocycles. The highest BCUT2D eigenvalue weighted by molar-refractivity contribution is 6.13. The summed E-state index contributed by atoms with van der Waals surface area (Å²) in [5.41, 5.74) is 2.40. The number of aromatic nitrogens is 2. The van der Waals surface area contributed by atoms with Crippen LogP contribution in [0.5, 0.6) is 0 Å². The SMILES string of the molecule is CC(C)(C)OC(=O)N1CCN(c2ccc(N=C(c3ccccc3)c3ccccc3)nn2)CC1. The van der Waals surface area contributed by atoms with Crippen LogP contribution in [0.3, 0.4) is 0 Å². The minimum absolute atomic E-state index is 0.271. The number of rotatable bonds is 4. The molecule has 2 heterocycles. The molecule has 0 atom stereocenters. The second kappa shape index (κ2) is 9.81. The fraction of sp³-hybridized carbons (Fsp3) is 0.308. The van der Waals surface area contributed by atoms with Gasteiger partial charge < -0.3 is 14.5 Å². The van der Waals surface area contributed by atoms with Gasteiger partial charge in [-0.25, -0.2) is 9.79 Å². The summed E-state index contributed by atoms with van der Waals surface area (Å²) < 4.78 is 5.47. The molecule has 1 fully saturated rings. The molecule has 0 unspecified atom stereocenters. The summed E-state index contributed by atoms with van der Waals surface area (Å²) in [7, 11) is 0. The van der Waals surface area contributed by atoms with Gasteiger partial charge in [-0.3, -0.25) is 0 Å². The van der Waals surface area contributed by atoms with Gasteiger partial charge in [-0.1, -0.05) is 60.7 Å². The molecule has 4 rings (SSSR count). The second-order valence-electron chi connectivity index (χ2n) is 8.90. The number of benzene rings is 2. The van der Waals surface area contributed by atoms with E-state index in [-0.39, 0.29) is 6.09 Å². The molecule has 1 aromatic heterocycles. The molecule has 1 aliphatic rings. The Morgan fingerprint density at radius 3 is 1.88 bits per heavy atom. The van der Waals surface area contributed by atoms with Crippen molar-refractivity contribution in [1.29, 1.82) is 0 Å². The highest BCUT2D eigenvalue weighted by Crippen LogP contribution is 2.20. The third-order valence-electron chi connectivity index (χ3n) is 5.21. The first-order valence-corrected chi connectivity index (χ1v) is 11.2. The zero-order chi connectivity index (χ0) is 23.3. The Bertz CT molecular complexity index is 1040. The monoisotopic (exact) mass is 443 g/mol. The van der Waals surface area contributed by atoms with E-state index in [1.165, 1.54) is 0 Å². The maximum Gasteiger partial charge on any atom is 0.410 e. The smallest absolute Gasteiger partial charge is 0.410 e. The molecular formula is C26H29N5O2. The van der Waals surface area contributed by atoms with Gasteiger partial charge in [0.25, 0.3) is 0 Å². The van der Waals surface area contributed by atoms with Crippen molar-refractivity contribution in [2.75, 3.05) is 31.1 Å². The largest absolute Gasteiger partial charge is 0.444 e. The summed E-state index contributed by atoms with van der Waals surface area (Å²) in [5, 5.41) is 8.77. The molecule has 1 aliphatic heterocycles. The third kappa shape index (κ3) is 5.94. The van der Waals surface area contributed by atoms with Crippen LogP contribution in [-0.2, 0) is 4.74 Å². The molecule has 1 amide bonds. The van der Waals surface area contributed by atoms with Crippen LogP contribution in [-0.4, -0.2) is 58.7 Å². The van der Waals surface area contributed by atoms with Gasteiger partial charge >= 0.3 is 6.09 Å². The Morgan fingerprint density at radius 2 is 1.39 bits per heavy atom. The maximum atomic E-state index is 12.3. The number of amides is 1. The van der Waals surface area contributed by atoms with E-state index in [1.807, 2.05) is 93.6 Å². The topological polar surface area (TPSA) is 70.9 Å². The van der Waals surface area contributed by atoms with Gasteiger partial charge in [-0.2, -0.15) is 0 Å². The Balaban J connectivity index is 1.47. The number of anilines is 1. The van der Waals surface area contributed by atoms with Crippen LogP contribution in [0.4, 0.5) is 16.4 Å². The standard InChI is InChI=1S/C26H29N5O2/c1-26(2,3)33-25(32)31-18-16-30(17-19-31)23-15-14-22(28-29-23)27-24(20-10-6-4-7-11-20)21-12-8-5-9-13-21/h4-15H,16-19H2,1-3H3. The minimum atomic E-state index is -0.492. The molecule has 2 aromatic carbocycles. The number of hydrogen-bond donors (Lipinski definition) is 0. The van der Waals surface area contributed by atoms with E-state index in [2.05, 4.69) is 15.1 Å². The first-order chi connectivity index (χ1) is 15.9. The Morgan fingerprint density at radius 1 is 0.818 bits per heavy atom. The van der Waals surface area contributed by atoms with Crippen molar-refractivity contribution in [3.8, 4) is 0 Å². The number of piperazine rings is 1. The Kier molecular flexibility index (Phi) is 6.68. The van der Waals surface area contributed by atoms with Gasteiger partial charge in [0.2, 0.25) is 0 Å². The van der Waals surface area contributed by atoms with E-state index < -0.39 is 5.60 Å². The Hall–Kier alpha value is -3.74. The molecule has 0 radical (unpaired) electrons. The summed E-state index contributed by atoms with van der Waals surface area (Å²) in [4.78, 5) is 20.9. The first-order valence-electron chi connectivity index (χ1n) is 11.2. The van der Waals surface area contributed by atoms with Crippen LogP contribution < -0.4 is 4.90 Å². The van der Waals surface area contributed by atoms with E-state index in [4.69, 9.17) is 9.73 Å². The highest BCUT2D eigenvalue weighted by atomic mass is 16.6. The average molecular weight is 444 g/mol. The van der Waals surface area contributed by atoms with E-state index >= 15 is 0 Å². The fourth-order valence-corrected chi connectivity index (χ4v) is 3.59. The van der Waals surface area contributed by atoms with E-state index in [9.17, 15) is 4.79 Å². The summed E-state index contributed by atoms with van der Waals surface area (Å²) >= 11 is 0. The molecule has 0 spiro atoms. The van der Waals surface area contributed by atoms with Crippen molar-refractivity contribution in [3.63, 3.8) is 0 Å². The molecule has 0 saturated carbocycles. The van der Waals surface area contributed by atoms with Gasteiger partial charge in [-0.15, -0.1) is 10.2 Å². The van der Waals surface area contributed by atoms with Crippen LogP contribution in [0.1, 0.15) is 31.9 Å². The van der Waals surface area contributed by atoms with Crippen LogP contribution in [0.15, 0.2) is 77.8 Å². The van der Waals surface area contributed by atoms with Gasteiger partial charge in [0.1, 0.15) is 5.60 Å². The Labute approximate surface area is 194 Å². The summed E-state index contributed by atoms with van der Waals surface area (Å²) in [5.74, 6) is 1.33. The van der Waals surface area contributed by atoms with Crippen molar-refractivity contribution in [3.05, 3.63) is 83.9 Å². The fourth-order valence-electron chi connectivity index (χ4n) is 3.59. The number of hydrogen-bond acceptors (Lipinski definition) is 6. The van der Waals surface area contributed by atoms with Crippen LogP contribution in [0.2, 0.25) is 0 Å². The number of ether oxygens (including phenoxy) is 1. The van der Waals surface area contributed by atoms with Gasteiger partial charge in [0, 0.05) is 37.3 Å². The van der Waals surface area contributed by atoms with Crippen molar-refractivity contribution >= 4 is 23.4 Å². The zero-order valence-electron chi connectivity index (χ0n) is 19.3. The second-order valence-corrected chi connectivity index (χ2v) is 8.90. The molecule has 0 N–H and O–H groups in total. The highest BCUT2D eigenvalue weighted by Gasteiger charge is 2.26. The number of carbonyl (C=O) groups is 1. The lowest BCUT2D eigenvalue weighted by molar-refractivity contribution is 0.0240. The van der Waals surface area contributed by atoms with Crippen LogP contribution in [0.25, 0.3) is 0 Å². The molecule has 33 heavy (non-hydrogen) atoms. The first kappa shape index (κ1) is 22.5. The lowest BCUT2D eigenvalue weighted by Crippen LogP contribution is -2.50. The molecule has 7 nitrogen and oxygen atoms in total. The summed E-state index contributed by atoms with van der Waals surface area (Å²) in [6, 6.07) is 24.0. The van der Waals surface area contributed by atoms with Gasteiger partial charge in [-0.05, 0) is 32.9 Å². The van der Waals surface area contributed by atoms with E-state index in [0.717, 1.165) is 22.7 Å². The number of nitrogens with zero attached hydrogens (tertiary/aromatic N) is 5. The normalized spacial score (nSPS) is 14.0. The predicted octanol–water partition coefficient (Wildman–Crippen LogP) is 4.70. The average Bonchev–Trinajstić information content (AvgIpc) is 2.83. The zero-order valence-corrected chi connectivity index (χ0v) is 19.3. The van der Waals surface area contributed by atoms with Crippen molar-refractivity contribution < 1.29 is 9.53 Å².